The molecule has 0 aromatic heterocycles. The second-order valence-electron chi connectivity index (χ2n) is 3.69. The number of hydrogen-bond acceptors (Lipinski definition) is 4. The molecule has 0 aliphatic heterocycles. The average molecular weight is 250 g/mol. The second-order valence-corrected chi connectivity index (χ2v) is 3.69. The first-order valence-electron chi connectivity index (χ1n) is 5.94. The van der Waals surface area contributed by atoms with Crippen molar-refractivity contribution in [1.29, 1.82) is 0 Å². The summed E-state index contributed by atoms with van der Waals surface area (Å²) in [5, 5.41) is 13.9. The van der Waals surface area contributed by atoms with E-state index in [9.17, 15) is 10.1 Å². The molecular formula is C13H18N2O3. The summed E-state index contributed by atoms with van der Waals surface area (Å²) in [6.45, 7) is 5.02. The maximum atomic E-state index is 10.8. The molecule has 98 valence electrons. The van der Waals surface area contributed by atoms with Crippen LogP contribution >= 0.6 is 0 Å². The summed E-state index contributed by atoms with van der Waals surface area (Å²) >= 11 is 0. The lowest BCUT2D eigenvalue weighted by molar-refractivity contribution is -0.384. The van der Waals surface area contributed by atoms with E-state index in [4.69, 9.17) is 4.74 Å². The van der Waals surface area contributed by atoms with E-state index in [1.54, 1.807) is 6.07 Å². The molecule has 0 heterocycles. The van der Waals surface area contributed by atoms with E-state index in [1.807, 2.05) is 26.0 Å². The Balaban J connectivity index is 2.78. The van der Waals surface area contributed by atoms with E-state index < -0.39 is 4.92 Å². The lowest BCUT2D eigenvalue weighted by Gasteiger charge is -2.08. The Bertz CT molecular complexity index is 430. The van der Waals surface area contributed by atoms with Crippen LogP contribution in [0.1, 0.15) is 20.3 Å². The summed E-state index contributed by atoms with van der Waals surface area (Å²) in [6.07, 6.45) is 4.89. The van der Waals surface area contributed by atoms with Crippen molar-refractivity contribution in [2.75, 3.05) is 18.5 Å². The maximum absolute atomic E-state index is 10.8. The SMILES string of the molecule is C/C=C/CCNc1cc(OCC)cc([N+](=O)[O-])c1. The number of nitrogens with zero attached hydrogens (tertiary/aromatic N) is 1. The third-order valence-corrected chi connectivity index (χ3v) is 2.29. The van der Waals surface area contributed by atoms with Gasteiger partial charge in [0.2, 0.25) is 0 Å². The fourth-order valence-electron chi connectivity index (χ4n) is 1.51. The van der Waals surface area contributed by atoms with E-state index >= 15 is 0 Å². The molecular weight excluding hydrogens is 232 g/mol. The van der Waals surface area contributed by atoms with Crippen molar-refractivity contribution in [2.24, 2.45) is 0 Å². The van der Waals surface area contributed by atoms with Crippen LogP contribution in [0.15, 0.2) is 30.4 Å². The third kappa shape index (κ3) is 4.45. The van der Waals surface area contributed by atoms with Gasteiger partial charge in [0.05, 0.1) is 17.6 Å². The number of allylic oxidation sites excluding steroid dienone is 1. The van der Waals surface area contributed by atoms with Crippen molar-refractivity contribution in [2.45, 2.75) is 20.3 Å². The van der Waals surface area contributed by atoms with Gasteiger partial charge in [0.15, 0.2) is 0 Å². The summed E-state index contributed by atoms with van der Waals surface area (Å²) in [7, 11) is 0. The van der Waals surface area contributed by atoms with Gasteiger partial charge in [-0.3, -0.25) is 10.1 Å². The molecule has 0 bridgehead atoms. The molecule has 0 saturated carbocycles. The molecule has 0 aliphatic rings. The molecule has 0 spiro atoms. The van der Waals surface area contributed by atoms with Crippen molar-refractivity contribution in [1.82, 2.24) is 0 Å². The summed E-state index contributed by atoms with van der Waals surface area (Å²) < 4.78 is 5.31. The van der Waals surface area contributed by atoms with Crippen LogP contribution < -0.4 is 10.1 Å². The first-order chi connectivity index (χ1) is 8.67. The highest BCUT2D eigenvalue weighted by atomic mass is 16.6. The van der Waals surface area contributed by atoms with Crippen molar-refractivity contribution >= 4 is 11.4 Å². The van der Waals surface area contributed by atoms with Gasteiger partial charge in [-0.25, -0.2) is 0 Å². The Hall–Kier alpha value is -2.04. The topological polar surface area (TPSA) is 64.4 Å². The van der Waals surface area contributed by atoms with Crippen LogP contribution in [0.5, 0.6) is 5.75 Å². The predicted molar refractivity (Wildman–Crippen MR) is 72.2 cm³/mol. The van der Waals surface area contributed by atoms with E-state index in [2.05, 4.69) is 5.32 Å². The maximum Gasteiger partial charge on any atom is 0.275 e. The van der Waals surface area contributed by atoms with Crippen molar-refractivity contribution in [3.8, 4) is 5.75 Å². The highest BCUT2D eigenvalue weighted by Gasteiger charge is 2.10. The normalized spacial score (nSPS) is 10.6. The lowest BCUT2D eigenvalue weighted by Crippen LogP contribution is -2.02. The summed E-state index contributed by atoms with van der Waals surface area (Å²) in [5.74, 6) is 0.514. The Morgan fingerprint density at radius 2 is 2.22 bits per heavy atom. The Labute approximate surface area is 107 Å². The molecule has 5 nitrogen and oxygen atoms in total. The molecule has 0 radical (unpaired) electrons. The van der Waals surface area contributed by atoms with Gasteiger partial charge >= 0.3 is 0 Å². The fraction of sp³-hybridized carbons (Fsp3) is 0.385. The van der Waals surface area contributed by atoms with Gasteiger partial charge in [-0.1, -0.05) is 12.2 Å². The van der Waals surface area contributed by atoms with Crippen LogP contribution in [0.2, 0.25) is 0 Å². The van der Waals surface area contributed by atoms with E-state index in [0.29, 0.717) is 18.0 Å². The third-order valence-electron chi connectivity index (χ3n) is 2.29. The lowest BCUT2D eigenvalue weighted by atomic mass is 10.2. The van der Waals surface area contributed by atoms with Gasteiger partial charge in [-0.2, -0.15) is 0 Å². The summed E-state index contributed by atoms with van der Waals surface area (Å²) in [5.41, 5.74) is 0.742. The van der Waals surface area contributed by atoms with Gasteiger partial charge in [0.25, 0.3) is 5.69 Å². The first kappa shape index (κ1) is 14.0. The Kier molecular flexibility index (Phi) is 5.70. The van der Waals surface area contributed by atoms with E-state index in [1.165, 1.54) is 12.1 Å². The van der Waals surface area contributed by atoms with E-state index in [-0.39, 0.29) is 5.69 Å². The van der Waals surface area contributed by atoms with Gasteiger partial charge < -0.3 is 10.1 Å². The standard InChI is InChI=1S/C13H18N2O3/c1-3-5-6-7-14-11-8-12(15(16)17)10-13(9-11)18-4-2/h3,5,8-10,14H,4,6-7H2,1-2H3/b5-3+. The molecule has 0 fully saturated rings. The molecule has 1 aromatic carbocycles. The van der Waals surface area contributed by atoms with Crippen LogP contribution in [0.3, 0.4) is 0 Å². The van der Waals surface area contributed by atoms with Crippen molar-refractivity contribution in [3.05, 3.63) is 40.5 Å². The summed E-state index contributed by atoms with van der Waals surface area (Å²) in [4.78, 5) is 10.4. The molecule has 1 N–H and O–H groups in total. The first-order valence-corrected chi connectivity index (χ1v) is 5.94. The molecule has 0 saturated heterocycles. The molecule has 18 heavy (non-hydrogen) atoms. The number of benzene rings is 1. The quantitative estimate of drug-likeness (QED) is 0.349. The number of nitro benzene ring substituents is 1. The Morgan fingerprint density at radius 3 is 2.83 bits per heavy atom. The average Bonchev–Trinajstić information content (AvgIpc) is 2.35. The predicted octanol–water partition coefficient (Wildman–Crippen LogP) is 3.37. The molecule has 0 unspecified atom stereocenters. The van der Waals surface area contributed by atoms with Crippen LogP contribution in [0, 0.1) is 10.1 Å². The highest BCUT2D eigenvalue weighted by Crippen LogP contribution is 2.26. The number of nitrogens with one attached hydrogen (secondary N) is 1. The molecule has 0 atom stereocenters. The van der Waals surface area contributed by atoms with Gasteiger partial charge in [0.1, 0.15) is 5.75 Å². The molecule has 1 rings (SSSR count). The minimum Gasteiger partial charge on any atom is -0.494 e. The number of ether oxygens (including phenoxy) is 1. The number of non-ortho nitro benzene ring substituents is 1. The molecule has 1 aromatic rings. The van der Waals surface area contributed by atoms with Gasteiger partial charge in [-0.05, 0) is 20.3 Å². The second kappa shape index (κ2) is 7.32. The molecule has 0 aliphatic carbocycles. The zero-order valence-corrected chi connectivity index (χ0v) is 10.7. The molecule has 5 heteroatoms. The number of anilines is 1. The van der Waals surface area contributed by atoms with Crippen LogP contribution in [0.4, 0.5) is 11.4 Å². The van der Waals surface area contributed by atoms with E-state index in [0.717, 1.165) is 13.0 Å². The van der Waals surface area contributed by atoms with Crippen molar-refractivity contribution in [3.63, 3.8) is 0 Å². The highest BCUT2D eigenvalue weighted by molar-refractivity contribution is 5.56. The minimum atomic E-state index is -0.417. The zero-order chi connectivity index (χ0) is 13.4. The number of hydrogen-bond donors (Lipinski definition) is 1. The smallest absolute Gasteiger partial charge is 0.275 e. The van der Waals surface area contributed by atoms with Crippen LogP contribution in [-0.2, 0) is 0 Å². The van der Waals surface area contributed by atoms with Crippen LogP contribution in [0.25, 0.3) is 0 Å². The van der Waals surface area contributed by atoms with Crippen molar-refractivity contribution < 1.29 is 9.66 Å². The zero-order valence-electron chi connectivity index (χ0n) is 10.7. The fourth-order valence-corrected chi connectivity index (χ4v) is 1.51. The summed E-state index contributed by atoms with van der Waals surface area (Å²) in [6, 6.07) is 4.71. The van der Waals surface area contributed by atoms with Crippen LogP contribution in [-0.4, -0.2) is 18.1 Å². The largest absolute Gasteiger partial charge is 0.494 e. The Morgan fingerprint density at radius 1 is 1.44 bits per heavy atom. The molecule has 0 amide bonds. The van der Waals surface area contributed by atoms with Gasteiger partial charge in [0, 0.05) is 24.4 Å². The number of nitro groups is 1. The van der Waals surface area contributed by atoms with Gasteiger partial charge in [-0.15, -0.1) is 0 Å². The monoisotopic (exact) mass is 250 g/mol. The minimum absolute atomic E-state index is 0.0366. The number of rotatable bonds is 7.